The number of carbonyl (C=O) groups is 1. The van der Waals surface area contributed by atoms with Crippen molar-refractivity contribution in [3.8, 4) is 0 Å². The molecule has 0 aliphatic heterocycles. The van der Waals surface area contributed by atoms with Crippen molar-refractivity contribution in [1.82, 2.24) is 14.5 Å². The molecule has 30 heavy (non-hydrogen) atoms. The summed E-state index contributed by atoms with van der Waals surface area (Å²) in [5.74, 6) is -0.256. The first kappa shape index (κ1) is 20.1. The van der Waals surface area contributed by atoms with Crippen LogP contribution in [-0.4, -0.2) is 26.4 Å². The van der Waals surface area contributed by atoms with Gasteiger partial charge in [-0.2, -0.15) is 13.2 Å². The molecule has 0 spiro atoms. The second-order valence-corrected chi connectivity index (χ2v) is 7.60. The number of fused-ring (bicyclic) bond motifs is 1. The number of amides is 1. The molecule has 3 aromatic rings. The molecule has 0 radical (unpaired) electrons. The van der Waals surface area contributed by atoms with Gasteiger partial charge in [-0.3, -0.25) is 14.2 Å². The summed E-state index contributed by atoms with van der Waals surface area (Å²) in [5.41, 5.74) is 1.09. The van der Waals surface area contributed by atoms with Gasteiger partial charge in [0.1, 0.15) is 6.54 Å². The van der Waals surface area contributed by atoms with Gasteiger partial charge < -0.3 is 4.90 Å². The summed E-state index contributed by atoms with van der Waals surface area (Å²) < 4.78 is 39.6. The molecule has 156 valence electrons. The zero-order valence-electron chi connectivity index (χ0n) is 16.3. The van der Waals surface area contributed by atoms with E-state index in [-0.39, 0.29) is 30.6 Å². The Morgan fingerprint density at radius 3 is 2.50 bits per heavy atom. The highest BCUT2D eigenvalue weighted by Gasteiger charge is 2.33. The molecular formula is C22H20F3N3O2. The van der Waals surface area contributed by atoms with Crippen LogP contribution in [-0.2, 0) is 24.1 Å². The number of halogens is 3. The highest BCUT2D eigenvalue weighted by molar-refractivity contribution is 5.81. The molecule has 0 bridgehead atoms. The van der Waals surface area contributed by atoms with Gasteiger partial charge in [0.15, 0.2) is 0 Å². The molecule has 5 nitrogen and oxygen atoms in total. The van der Waals surface area contributed by atoms with Crippen LogP contribution in [0.25, 0.3) is 10.9 Å². The maximum atomic E-state index is 12.9. The fraction of sp³-hybridized carbons (Fsp3) is 0.318. The smallest absolute Gasteiger partial charge is 0.334 e. The van der Waals surface area contributed by atoms with Gasteiger partial charge in [0.05, 0.1) is 22.8 Å². The van der Waals surface area contributed by atoms with Crippen LogP contribution in [0.5, 0.6) is 0 Å². The molecular weight excluding hydrogens is 395 g/mol. The summed E-state index contributed by atoms with van der Waals surface area (Å²) >= 11 is 0. The molecule has 0 atom stereocenters. The van der Waals surface area contributed by atoms with Gasteiger partial charge in [-0.25, -0.2) is 4.98 Å². The SMILES string of the molecule is Cc1cccc2c(=O)n(CC(=O)N(Cc3ccc(C(F)(F)F)cc3)C3CC3)cnc12. The van der Waals surface area contributed by atoms with Crippen molar-refractivity contribution in [3.63, 3.8) is 0 Å². The number of hydrogen-bond acceptors (Lipinski definition) is 3. The molecule has 0 N–H and O–H groups in total. The third-order valence-corrected chi connectivity index (χ3v) is 5.30. The largest absolute Gasteiger partial charge is 0.416 e. The minimum Gasteiger partial charge on any atom is -0.334 e. The van der Waals surface area contributed by atoms with Crippen LogP contribution < -0.4 is 5.56 Å². The van der Waals surface area contributed by atoms with Gasteiger partial charge in [-0.1, -0.05) is 24.3 Å². The summed E-state index contributed by atoms with van der Waals surface area (Å²) in [6.07, 6.45) is -1.33. The van der Waals surface area contributed by atoms with Crippen molar-refractivity contribution >= 4 is 16.8 Å². The van der Waals surface area contributed by atoms with Crippen LogP contribution >= 0.6 is 0 Å². The van der Waals surface area contributed by atoms with E-state index in [4.69, 9.17) is 0 Å². The van der Waals surface area contributed by atoms with Crippen molar-refractivity contribution in [2.24, 2.45) is 0 Å². The van der Waals surface area contributed by atoms with Crippen molar-refractivity contribution in [3.05, 3.63) is 75.8 Å². The van der Waals surface area contributed by atoms with Crippen molar-refractivity contribution < 1.29 is 18.0 Å². The first-order valence-electron chi connectivity index (χ1n) is 9.64. The van der Waals surface area contributed by atoms with E-state index >= 15 is 0 Å². The van der Waals surface area contributed by atoms with E-state index in [0.717, 1.165) is 30.5 Å². The molecule has 1 aliphatic carbocycles. The van der Waals surface area contributed by atoms with Crippen LogP contribution in [0.3, 0.4) is 0 Å². The topological polar surface area (TPSA) is 55.2 Å². The maximum Gasteiger partial charge on any atom is 0.416 e. The van der Waals surface area contributed by atoms with Gasteiger partial charge in [0, 0.05) is 12.6 Å². The minimum absolute atomic E-state index is 0.0474. The number of carbonyl (C=O) groups excluding carboxylic acids is 1. The highest BCUT2D eigenvalue weighted by atomic mass is 19.4. The summed E-state index contributed by atoms with van der Waals surface area (Å²) in [4.78, 5) is 31.6. The van der Waals surface area contributed by atoms with Gasteiger partial charge in [-0.15, -0.1) is 0 Å². The molecule has 0 unspecified atom stereocenters. The van der Waals surface area contributed by atoms with Crippen LogP contribution in [0.15, 0.2) is 53.6 Å². The number of hydrogen-bond donors (Lipinski definition) is 0. The second-order valence-electron chi connectivity index (χ2n) is 7.60. The Kier molecular flexibility index (Phi) is 5.09. The van der Waals surface area contributed by atoms with E-state index in [9.17, 15) is 22.8 Å². The molecule has 1 amide bonds. The van der Waals surface area contributed by atoms with Crippen molar-refractivity contribution in [2.75, 3.05) is 0 Å². The fourth-order valence-corrected chi connectivity index (χ4v) is 3.49. The number of alkyl halides is 3. The summed E-state index contributed by atoms with van der Waals surface area (Å²) in [6.45, 7) is 1.91. The second kappa shape index (κ2) is 7.59. The molecule has 1 aromatic heterocycles. The molecule has 1 aliphatic rings. The predicted molar refractivity (Wildman–Crippen MR) is 106 cm³/mol. The molecule has 1 heterocycles. The lowest BCUT2D eigenvalue weighted by atomic mass is 10.1. The Balaban J connectivity index is 1.54. The average molecular weight is 415 g/mol. The van der Waals surface area contributed by atoms with Gasteiger partial charge >= 0.3 is 6.18 Å². The Labute approximate surface area is 170 Å². The van der Waals surface area contributed by atoms with E-state index in [2.05, 4.69) is 4.98 Å². The maximum absolute atomic E-state index is 12.9. The van der Waals surface area contributed by atoms with Gasteiger partial charge in [0.2, 0.25) is 5.91 Å². The Bertz CT molecular complexity index is 1150. The normalized spacial score (nSPS) is 14.1. The number of para-hydroxylation sites is 1. The third kappa shape index (κ3) is 4.08. The molecule has 0 saturated heterocycles. The average Bonchev–Trinajstić information content (AvgIpc) is 3.53. The van der Waals surface area contributed by atoms with Crippen LogP contribution in [0.4, 0.5) is 13.2 Å². The highest BCUT2D eigenvalue weighted by Crippen LogP contribution is 2.31. The van der Waals surface area contributed by atoms with Gasteiger partial charge in [-0.05, 0) is 49.1 Å². The van der Waals surface area contributed by atoms with Crippen molar-refractivity contribution in [1.29, 1.82) is 0 Å². The minimum atomic E-state index is -4.40. The van der Waals surface area contributed by atoms with E-state index in [1.54, 1.807) is 17.0 Å². The quantitative estimate of drug-likeness (QED) is 0.635. The van der Waals surface area contributed by atoms with Crippen molar-refractivity contribution in [2.45, 2.75) is 45.1 Å². The lowest BCUT2D eigenvalue weighted by molar-refractivity contribution is -0.137. The first-order chi connectivity index (χ1) is 14.2. The Morgan fingerprint density at radius 1 is 1.17 bits per heavy atom. The number of aromatic nitrogens is 2. The van der Waals surface area contributed by atoms with Crippen LogP contribution in [0.1, 0.15) is 29.5 Å². The molecule has 8 heteroatoms. The standard InChI is InChI=1S/C22H20F3N3O2/c1-14-3-2-4-18-20(14)26-13-27(21(18)30)12-19(29)28(17-9-10-17)11-15-5-7-16(8-6-15)22(23,24)25/h2-8,13,17H,9-12H2,1H3. The Morgan fingerprint density at radius 2 is 1.87 bits per heavy atom. The lowest BCUT2D eigenvalue weighted by Crippen LogP contribution is -2.37. The monoisotopic (exact) mass is 415 g/mol. The molecule has 1 saturated carbocycles. The summed E-state index contributed by atoms with van der Waals surface area (Å²) in [6, 6.07) is 10.2. The first-order valence-corrected chi connectivity index (χ1v) is 9.64. The molecule has 2 aromatic carbocycles. The zero-order valence-corrected chi connectivity index (χ0v) is 16.3. The van der Waals surface area contributed by atoms with E-state index in [0.29, 0.717) is 16.5 Å². The van der Waals surface area contributed by atoms with Crippen LogP contribution in [0, 0.1) is 6.92 Å². The van der Waals surface area contributed by atoms with E-state index < -0.39 is 11.7 Å². The number of aryl methyl sites for hydroxylation is 1. The van der Waals surface area contributed by atoms with E-state index in [1.807, 2.05) is 13.0 Å². The summed E-state index contributed by atoms with van der Waals surface area (Å²) in [7, 11) is 0. The van der Waals surface area contributed by atoms with Crippen LogP contribution in [0.2, 0.25) is 0 Å². The van der Waals surface area contributed by atoms with Gasteiger partial charge in [0.25, 0.3) is 5.56 Å². The predicted octanol–water partition coefficient (Wildman–Crippen LogP) is 3.91. The number of benzene rings is 2. The Hall–Kier alpha value is -3.16. The summed E-state index contributed by atoms with van der Waals surface area (Å²) in [5, 5.41) is 0.450. The zero-order chi connectivity index (χ0) is 21.5. The van der Waals surface area contributed by atoms with E-state index in [1.165, 1.54) is 23.0 Å². The number of rotatable bonds is 5. The third-order valence-electron chi connectivity index (χ3n) is 5.30. The lowest BCUT2D eigenvalue weighted by Gasteiger charge is -2.23. The number of nitrogens with zero attached hydrogens (tertiary/aromatic N) is 3. The molecule has 4 rings (SSSR count). The molecule has 1 fully saturated rings. The fourth-order valence-electron chi connectivity index (χ4n) is 3.49.